The molecule has 1 heterocycles. The standard InChI is InChI=1S/C18H13Cl2N3O2/c19-13-6-14(20)8-15(7-13)22-18(25)12-5-17(24)23(10-12)16-4-2-1-3-11(16)9-21/h1-4,6-8,12H,5,10H2,(H,22,25). The normalized spacial score (nSPS) is 16.6. The molecule has 5 nitrogen and oxygen atoms in total. The minimum absolute atomic E-state index is 0.0832. The number of anilines is 2. The van der Waals surface area contributed by atoms with Crippen molar-refractivity contribution >= 4 is 46.4 Å². The number of benzene rings is 2. The van der Waals surface area contributed by atoms with Crippen molar-refractivity contribution in [3.05, 3.63) is 58.1 Å². The van der Waals surface area contributed by atoms with Crippen molar-refractivity contribution in [3.8, 4) is 6.07 Å². The Morgan fingerprint density at radius 3 is 2.56 bits per heavy atom. The van der Waals surface area contributed by atoms with Gasteiger partial charge in [0.25, 0.3) is 0 Å². The topological polar surface area (TPSA) is 73.2 Å². The van der Waals surface area contributed by atoms with Crippen LogP contribution in [0, 0.1) is 17.2 Å². The molecule has 1 unspecified atom stereocenters. The zero-order valence-corrected chi connectivity index (χ0v) is 14.5. The fourth-order valence-electron chi connectivity index (χ4n) is 2.79. The number of rotatable bonds is 3. The number of nitrogens with zero attached hydrogens (tertiary/aromatic N) is 2. The van der Waals surface area contributed by atoms with Crippen molar-refractivity contribution in [1.82, 2.24) is 0 Å². The van der Waals surface area contributed by atoms with Gasteiger partial charge in [-0.1, -0.05) is 35.3 Å². The van der Waals surface area contributed by atoms with Crippen molar-refractivity contribution in [2.24, 2.45) is 5.92 Å². The first-order valence-electron chi connectivity index (χ1n) is 7.54. The molecule has 2 aromatic carbocycles. The van der Waals surface area contributed by atoms with Crippen molar-refractivity contribution < 1.29 is 9.59 Å². The SMILES string of the molecule is N#Cc1ccccc1N1CC(C(=O)Nc2cc(Cl)cc(Cl)c2)CC1=O. The lowest BCUT2D eigenvalue weighted by atomic mass is 10.1. The van der Waals surface area contributed by atoms with Crippen molar-refractivity contribution in [3.63, 3.8) is 0 Å². The van der Waals surface area contributed by atoms with Crippen LogP contribution in [0.5, 0.6) is 0 Å². The number of carbonyl (C=O) groups excluding carboxylic acids is 2. The largest absolute Gasteiger partial charge is 0.326 e. The molecule has 1 aliphatic rings. The molecule has 0 spiro atoms. The van der Waals surface area contributed by atoms with E-state index in [9.17, 15) is 14.9 Å². The van der Waals surface area contributed by atoms with Crippen LogP contribution in [0.4, 0.5) is 11.4 Å². The summed E-state index contributed by atoms with van der Waals surface area (Å²) in [7, 11) is 0. The van der Waals surface area contributed by atoms with Crippen LogP contribution in [-0.4, -0.2) is 18.4 Å². The molecule has 0 aromatic heterocycles. The van der Waals surface area contributed by atoms with E-state index < -0.39 is 5.92 Å². The highest BCUT2D eigenvalue weighted by Crippen LogP contribution is 2.29. The quantitative estimate of drug-likeness (QED) is 0.887. The summed E-state index contributed by atoms with van der Waals surface area (Å²) in [5, 5.41) is 12.8. The van der Waals surface area contributed by atoms with Gasteiger partial charge in [0.2, 0.25) is 11.8 Å². The highest BCUT2D eigenvalue weighted by Gasteiger charge is 2.36. The van der Waals surface area contributed by atoms with Crippen LogP contribution >= 0.6 is 23.2 Å². The highest BCUT2D eigenvalue weighted by molar-refractivity contribution is 6.35. The second-order valence-electron chi connectivity index (χ2n) is 5.68. The molecule has 7 heteroatoms. The van der Waals surface area contributed by atoms with Crippen molar-refractivity contribution in [2.45, 2.75) is 6.42 Å². The minimum Gasteiger partial charge on any atom is -0.326 e. The number of hydrogen-bond acceptors (Lipinski definition) is 3. The summed E-state index contributed by atoms with van der Waals surface area (Å²) in [6.45, 7) is 0.220. The number of hydrogen-bond donors (Lipinski definition) is 1. The van der Waals surface area contributed by atoms with Gasteiger partial charge in [-0.2, -0.15) is 5.26 Å². The summed E-state index contributed by atoms with van der Waals surface area (Å²) in [4.78, 5) is 26.3. The lowest BCUT2D eigenvalue weighted by Crippen LogP contribution is -2.28. The molecule has 2 amide bonds. The van der Waals surface area contributed by atoms with Crippen molar-refractivity contribution in [1.29, 1.82) is 5.26 Å². The predicted octanol–water partition coefficient (Wildman–Crippen LogP) is 3.86. The van der Waals surface area contributed by atoms with E-state index in [2.05, 4.69) is 11.4 Å². The first kappa shape index (κ1) is 17.3. The summed E-state index contributed by atoms with van der Waals surface area (Å²) < 4.78 is 0. The van der Waals surface area contributed by atoms with E-state index in [4.69, 9.17) is 23.2 Å². The number of nitrogens with one attached hydrogen (secondary N) is 1. The Hall–Kier alpha value is -2.55. The van der Waals surface area contributed by atoms with Gasteiger partial charge in [-0.3, -0.25) is 9.59 Å². The Balaban J connectivity index is 1.76. The Morgan fingerprint density at radius 1 is 1.20 bits per heavy atom. The Labute approximate surface area is 154 Å². The molecule has 0 bridgehead atoms. The summed E-state index contributed by atoms with van der Waals surface area (Å²) in [5.41, 5.74) is 1.40. The molecule has 0 radical (unpaired) electrons. The number of para-hydroxylation sites is 1. The second-order valence-corrected chi connectivity index (χ2v) is 6.55. The van der Waals surface area contributed by atoms with Gasteiger partial charge >= 0.3 is 0 Å². The average molecular weight is 374 g/mol. The summed E-state index contributed by atoms with van der Waals surface area (Å²) in [6.07, 6.45) is 0.0832. The number of halogens is 2. The van der Waals surface area contributed by atoms with E-state index in [0.717, 1.165) is 0 Å². The van der Waals surface area contributed by atoms with Gasteiger partial charge in [-0.25, -0.2) is 0 Å². The number of nitriles is 1. The van der Waals surface area contributed by atoms with Crippen LogP contribution in [0.3, 0.4) is 0 Å². The van der Waals surface area contributed by atoms with Gasteiger partial charge in [-0.05, 0) is 30.3 Å². The maximum Gasteiger partial charge on any atom is 0.229 e. The third kappa shape index (κ3) is 3.76. The molecule has 0 saturated carbocycles. The van der Waals surface area contributed by atoms with Gasteiger partial charge in [0.05, 0.1) is 17.2 Å². The predicted molar refractivity (Wildman–Crippen MR) is 96.7 cm³/mol. The molecule has 25 heavy (non-hydrogen) atoms. The maximum absolute atomic E-state index is 12.5. The molecule has 1 saturated heterocycles. The van der Waals surface area contributed by atoms with Gasteiger partial charge in [0, 0.05) is 28.7 Å². The van der Waals surface area contributed by atoms with Crippen LogP contribution in [0.1, 0.15) is 12.0 Å². The Morgan fingerprint density at radius 2 is 1.88 bits per heavy atom. The monoisotopic (exact) mass is 373 g/mol. The van der Waals surface area contributed by atoms with Gasteiger partial charge < -0.3 is 10.2 Å². The third-order valence-corrected chi connectivity index (χ3v) is 4.38. The zero-order valence-electron chi connectivity index (χ0n) is 13.0. The molecule has 1 aliphatic heterocycles. The lowest BCUT2D eigenvalue weighted by molar-refractivity contribution is -0.122. The first-order chi connectivity index (χ1) is 12.0. The number of amides is 2. The molecule has 1 fully saturated rings. The molecule has 3 rings (SSSR count). The smallest absolute Gasteiger partial charge is 0.229 e. The van der Waals surface area contributed by atoms with Crippen LogP contribution < -0.4 is 10.2 Å². The van der Waals surface area contributed by atoms with Gasteiger partial charge in [0.1, 0.15) is 6.07 Å². The summed E-state index contributed by atoms with van der Waals surface area (Å²) in [6, 6.07) is 13.6. The van der Waals surface area contributed by atoms with Crippen LogP contribution in [-0.2, 0) is 9.59 Å². The van der Waals surface area contributed by atoms with Crippen LogP contribution in [0.15, 0.2) is 42.5 Å². The summed E-state index contributed by atoms with van der Waals surface area (Å²) >= 11 is 11.8. The fourth-order valence-corrected chi connectivity index (χ4v) is 3.32. The molecular formula is C18H13Cl2N3O2. The van der Waals surface area contributed by atoms with E-state index in [-0.39, 0.29) is 24.8 Å². The fraction of sp³-hybridized carbons (Fsp3) is 0.167. The van der Waals surface area contributed by atoms with E-state index in [1.807, 2.05) is 0 Å². The van der Waals surface area contributed by atoms with E-state index in [1.54, 1.807) is 42.5 Å². The molecule has 0 aliphatic carbocycles. The number of carbonyl (C=O) groups is 2. The van der Waals surface area contributed by atoms with Crippen molar-refractivity contribution in [2.75, 3.05) is 16.8 Å². The molecule has 1 N–H and O–H groups in total. The Bertz CT molecular complexity index is 872. The molecule has 2 aromatic rings. The third-order valence-electron chi connectivity index (χ3n) is 3.94. The highest BCUT2D eigenvalue weighted by atomic mass is 35.5. The van der Waals surface area contributed by atoms with Gasteiger partial charge in [0.15, 0.2) is 0 Å². The minimum atomic E-state index is -0.517. The van der Waals surface area contributed by atoms with Crippen LogP contribution in [0.25, 0.3) is 0 Å². The Kier molecular flexibility index (Phi) is 4.93. The summed E-state index contributed by atoms with van der Waals surface area (Å²) in [5.74, 6) is -0.993. The van der Waals surface area contributed by atoms with Crippen LogP contribution in [0.2, 0.25) is 10.0 Å². The first-order valence-corrected chi connectivity index (χ1v) is 8.30. The maximum atomic E-state index is 12.5. The molecule has 126 valence electrons. The van der Waals surface area contributed by atoms with E-state index in [0.29, 0.717) is 27.0 Å². The average Bonchev–Trinajstić information content (AvgIpc) is 2.95. The lowest BCUT2D eigenvalue weighted by Gasteiger charge is -2.18. The molecule has 1 atom stereocenters. The van der Waals surface area contributed by atoms with E-state index >= 15 is 0 Å². The molecular weight excluding hydrogens is 361 g/mol. The second kappa shape index (κ2) is 7.14. The van der Waals surface area contributed by atoms with E-state index in [1.165, 1.54) is 4.90 Å². The zero-order chi connectivity index (χ0) is 18.0. The van der Waals surface area contributed by atoms with Gasteiger partial charge in [-0.15, -0.1) is 0 Å².